The quantitative estimate of drug-likeness (QED) is 0.149. The molecule has 7 rings (SSSR count). The first kappa shape index (κ1) is 28.6. The van der Waals surface area contributed by atoms with Gasteiger partial charge in [-0.1, -0.05) is 0 Å². The summed E-state index contributed by atoms with van der Waals surface area (Å²) in [5, 5.41) is 19.0. The Morgan fingerprint density at radius 2 is 1.29 bits per heavy atom. The Balaban J connectivity index is 1.01. The lowest BCUT2D eigenvalue weighted by molar-refractivity contribution is -0.143. The van der Waals surface area contributed by atoms with E-state index in [2.05, 4.69) is 105 Å². The summed E-state index contributed by atoms with van der Waals surface area (Å²) in [7, 11) is 0. The molecule has 228 valence electrons. The van der Waals surface area contributed by atoms with Crippen molar-refractivity contribution in [1.82, 2.24) is 9.13 Å². The molecule has 0 unspecified atom stereocenters. The van der Waals surface area contributed by atoms with E-state index in [4.69, 9.17) is 4.74 Å². The summed E-state index contributed by atoms with van der Waals surface area (Å²) in [4.78, 5) is 14.3. The first-order valence-electron chi connectivity index (χ1n) is 15.6. The smallest absolute Gasteiger partial charge is 0.325 e. The standard InChI is InChI=1S/C37H37N5O3/c1-2-45-37(44)25-41-19-15-26-23-30(7-13-35(26)41)39-29-5-11-33(12-6-29)42-22-16-27-24-31(8-14-36(27)42)38-28-3-9-32(10-4-28)40-20-17-34(43)18-21-40/h3-16,19,22-24,34,38-39,43H,2,17-18,20-21,25H2,1H3. The van der Waals surface area contributed by atoms with E-state index < -0.39 is 0 Å². The SMILES string of the molecule is CCOC(=O)Cn1ccc2cc(Nc3ccc(-n4ccc5cc(Nc6ccc(N7CCC(O)CC7)cc6)ccc54)cc3)ccc21. The van der Waals surface area contributed by atoms with Crippen LogP contribution in [0.3, 0.4) is 0 Å². The number of aliphatic hydroxyl groups excluding tert-OH is 1. The van der Waals surface area contributed by atoms with E-state index in [0.717, 1.165) is 76.2 Å². The Morgan fingerprint density at radius 1 is 0.733 bits per heavy atom. The van der Waals surface area contributed by atoms with E-state index in [1.165, 1.54) is 5.69 Å². The van der Waals surface area contributed by atoms with Crippen molar-refractivity contribution in [3.8, 4) is 5.69 Å². The van der Waals surface area contributed by atoms with Crippen LogP contribution in [0.1, 0.15) is 19.8 Å². The van der Waals surface area contributed by atoms with Crippen LogP contribution in [0.25, 0.3) is 27.5 Å². The molecule has 0 aliphatic carbocycles. The van der Waals surface area contributed by atoms with Crippen molar-refractivity contribution in [3.63, 3.8) is 0 Å². The average molecular weight is 600 g/mol. The zero-order valence-electron chi connectivity index (χ0n) is 25.3. The number of carbonyl (C=O) groups is 1. The third-order valence-electron chi connectivity index (χ3n) is 8.49. The van der Waals surface area contributed by atoms with Gasteiger partial charge in [-0.25, -0.2) is 0 Å². The predicted octanol–water partition coefficient (Wildman–Crippen LogP) is 7.60. The molecule has 1 fully saturated rings. The molecule has 3 N–H and O–H groups in total. The van der Waals surface area contributed by atoms with Gasteiger partial charge in [0.2, 0.25) is 0 Å². The molecule has 4 aromatic carbocycles. The van der Waals surface area contributed by atoms with Gasteiger partial charge in [0.15, 0.2) is 0 Å². The molecule has 8 nitrogen and oxygen atoms in total. The van der Waals surface area contributed by atoms with Crippen LogP contribution in [0, 0.1) is 0 Å². The molecule has 1 saturated heterocycles. The topological polar surface area (TPSA) is 83.7 Å². The van der Waals surface area contributed by atoms with Crippen LogP contribution in [0.5, 0.6) is 0 Å². The van der Waals surface area contributed by atoms with Crippen molar-refractivity contribution in [3.05, 3.63) is 109 Å². The highest BCUT2D eigenvalue weighted by atomic mass is 16.5. The monoisotopic (exact) mass is 599 g/mol. The Bertz CT molecular complexity index is 1930. The second kappa shape index (κ2) is 12.4. The maximum Gasteiger partial charge on any atom is 0.325 e. The van der Waals surface area contributed by atoms with Crippen molar-refractivity contribution in [1.29, 1.82) is 0 Å². The molecular formula is C37H37N5O3. The van der Waals surface area contributed by atoms with Gasteiger partial charge in [0.1, 0.15) is 6.54 Å². The largest absolute Gasteiger partial charge is 0.465 e. The molecule has 8 heteroatoms. The number of benzene rings is 4. The number of piperidine rings is 1. The Kier molecular flexibility index (Phi) is 7.88. The zero-order chi connectivity index (χ0) is 30.8. The summed E-state index contributed by atoms with van der Waals surface area (Å²) < 4.78 is 9.20. The molecular weight excluding hydrogens is 562 g/mol. The van der Waals surface area contributed by atoms with Crippen molar-refractivity contribution in [2.75, 3.05) is 35.2 Å². The van der Waals surface area contributed by atoms with Crippen LogP contribution in [-0.2, 0) is 16.1 Å². The lowest BCUT2D eigenvalue weighted by Gasteiger charge is -2.31. The zero-order valence-corrected chi connectivity index (χ0v) is 25.3. The molecule has 0 bridgehead atoms. The summed E-state index contributed by atoms with van der Waals surface area (Å²) in [6, 6.07) is 33.7. The highest BCUT2D eigenvalue weighted by Gasteiger charge is 2.17. The minimum absolute atomic E-state index is 0.165. The minimum Gasteiger partial charge on any atom is -0.465 e. The summed E-state index contributed by atoms with van der Waals surface area (Å²) in [5.41, 5.74) is 8.49. The highest BCUT2D eigenvalue weighted by Crippen LogP contribution is 2.29. The van der Waals surface area contributed by atoms with Gasteiger partial charge in [0.25, 0.3) is 0 Å². The van der Waals surface area contributed by atoms with Gasteiger partial charge in [-0.2, -0.15) is 0 Å². The maximum absolute atomic E-state index is 11.9. The first-order valence-corrected chi connectivity index (χ1v) is 15.6. The van der Waals surface area contributed by atoms with Crippen LogP contribution in [0.4, 0.5) is 28.4 Å². The number of hydrogen-bond donors (Lipinski definition) is 3. The fraction of sp³-hybridized carbons (Fsp3) is 0.216. The average Bonchev–Trinajstić information content (AvgIpc) is 3.66. The number of aromatic nitrogens is 2. The lowest BCUT2D eigenvalue weighted by atomic mass is 10.1. The van der Waals surface area contributed by atoms with Crippen LogP contribution in [0.15, 0.2) is 109 Å². The summed E-state index contributed by atoms with van der Waals surface area (Å²) >= 11 is 0. The van der Waals surface area contributed by atoms with Crippen LogP contribution >= 0.6 is 0 Å². The van der Waals surface area contributed by atoms with Crippen molar-refractivity contribution >= 4 is 56.2 Å². The van der Waals surface area contributed by atoms with E-state index in [1.807, 2.05) is 35.9 Å². The Labute approximate surface area is 262 Å². The van der Waals surface area contributed by atoms with Gasteiger partial charge < -0.3 is 34.5 Å². The van der Waals surface area contributed by atoms with Crippen molar-refractivity contribution < 1.29 is 14.6 Å². The van der Waals surface area contributed by atoms with E-state index in [1.54, 1.807) is 0 Å². The number of nitrogens with one attached hydrogen (secondary N) is 2. The van der Waals surface area contributed by atoms with E-state index in [-0.39, 0.29) is 18.6 Å². The van der Waals surface area contributed by atoms with Crippen molar-refractivity contribution in [2.45, 2.75) is 32.4 Å². The van der Waals surface area contributed by atoms with Gasteiger partial charge in [0, 0.05) is 75.9 Å². The molecule has 0 atom stereocenters. The van der Waals surface area contributed by atoms with Gasteiger partial charge in [0.05, 0.1) is 18.2 Å². The minimum atomic E-state index is -0.234. The number of fused-ring (bicyclic) bond motifs is 2. The molecule has 2 aromatic heterocycles. The molecule has 0 spiro atoms. The molecule has 1 aliphatic heterocycles. The number of nitrogens with zero attached hydrogens (tertiary/aromatic N) is 3. The third-order valence-corrected chi connectivity index (χ3v) is 8.49. The molecule has 0 amide bonds. The highest BCUT2D eigenvalue weighted by molar-refractivity contribution is 5.87. The van der Waals surface area contributed by atoms with Gasteiger partial charge >= 0.3 is 5.97 Å². The molecule has 1 aliphatic rings. The summed E-state index contributed by atoms with van der Waals surface area (Å²) in [6.07, 6.45) is 5.52. The normalized spacial score (nSPS) is 13.8. The third kappa shape index (κ3) is 6.23. The molecule has 6 aromatic rings. The molecule has 3 heterocycles. The van der Waals surface area contributed by atoms with Gasteiger partial charge in [-0.15, -0.1) is 0 Å². The molecule has 0 radical (unpaired) electrons. The number of hydrogen-bond acceptors (Lipinski definition) is 6. The first-order chi connectivity index (χ1) is 22.0. The van der Waals surface area contributed by atoms with E-state index in [9.17, 15) is 9.90 Å². The fourth-order valence-electron chi connectivity index (χ4n) is 6.13. The molecule has 0 saturated carbocycles. The number of carbonyl (C=O) groups excluding carboxylic acids is 1. The summed E-state index contributed by atoms with van der Waals surface area (Å²) in [6.45, 7) is 4.20. The van der Waals surface area contributed by atoms with Crippen LogP contribution in [-0.4, -0.2) is 46.0 Å². The lowest BCUT2D eigenvalue weighted by Crippen LogP contribution is -2.35. The van der Waals surface area contributed by atoms with Crippen LogP contribution < -0.4 is 15.5 Å². The van der Waals surface area contributed by atoms with E-state index >= 15 is 0 Å². The Morgan fingerprint density at radius 3 is 1.93 bits per heavy atom. The number of ether oxygens (including phenoxy) is 1. The number of aliphatic hydroxyl groups is 1. The number of anilines is 5. The van der Waals surface area contributed by atoms with Crippen molar-refractivity contribution in [2.24, 2.45) is 0 Å². The van der Waals surface area contributed by atoms with Gasteiger partial charge in [-0.3, -0.25) is 4.79 Å². The van der Waals surface area contributed by atoms with Gasteiger partial charge in [-0.05, 0) is 117 Å². The fourth-order valence-corrected chi connectivity index (χ4v) is 6.13. The Hall–Kier alpha value is -5.21. The van der Waals surface area contributed by atoms with E-state index in [0.29, 0.717) is 6.61 Å². The number of esters is 1. The maximum atomic E-state index is 11.9. The summed E-state index contributed by atoms with van der Waals surface area (Å²) in [5.74, 6) is -0.234. The predicted molar refractivity (Wildman–Crippen MR) is 182 cm³/mol. The second-order valence-corrected chi connectivity index (χ2v) is 11.5. The van der Waals surface area contributed by atoms with Crippen LogP contribution in [0.2, 0.25) is 0 Å². The number of rotatable bonds is 9. The second-order valence-electron chi connectivity index (χ2n) is 11.5. The molecule has 45 heavy (non-hydrogen) atoms.